The Balaban J connectivity index is 2.39. The van der Waals surface area contributed by atoms with Crippen LogP contribution in [0.25, 0.3) is 0 Å². The fourth-order valence-electron chi connectivity index (χ4n) is 2.13. The molecule has 5 heteroatoms. The third kappa shape index (κ3) is 4.73. The van der Waals surface area contributed by atoms with Gasteiger partial charge < -0.3 is 10.1 Å². The number of carbonyl (C=O) groups is 2. The van der Waals surface area contributed by atoms with Crippen molar-refractivity contribution >= 4 is 11.9 Å². The molecule has 0 spiro atoms. The molecule has 5 nitrogen and oxygen atoms in total. The van der Waals surface area contributed by atoms with E-state index in [4.69, 9.17) is 4.74 Å². The van der Waals surface area contributed by atoms with Crippen LogP contribution in [-0.2, 0) is 14.3 Å². The molecule has 1 saturated heterocycles. The quantitative estimate of drug-likeness (QED) is 0.725. The highest BCUT2D eigenvalue weighted by Gasteiger charge is 2.27. The third-order valence-electron chi connectivity index (χ3n) is 2.86. The van der Waals surface area contributed by atoms with Gasteiger partial charge in [-0.25, -0.2) is 0 Å². The van der Waals surface area contributed by atoms with Gasteiger partial charge in [0.25, 0.3) is 0 Å². The number of esters is 1. The van der Waals surface area contributed by atoms with Gasteiger partial charge >= 0.3 is 5.97 Å². The summed E-state index contributed by atoms with van der Waals surface area (Å²) in [6, 6.07) is 0.156. The predicted molar refractivity (Wildman–Crippen MR) is 64.5 cm³/mol. The lowest BCUT2D eigenvalue weighted by molar-refractivity contribution is -0.147. The van der Waals surface area contributed by atoms with Crippen LogP contribution >= 0.6 is 0 Å². The molecule has 1 rings (SSSR count). The molecule has 0 aliphatic carbocycles. The Morgan fingerprint density at radius 3 is 2.76 bits per heavy atom. The number of amides is 1. The summed E-state index contributed by atoms with van der Waals surface area (Å²) in [5.41, 5.74) is 0. The van der Waals surface area contributed by atoms with Crippen molar-refractivity contribution in [1.29, 1.82) is 0 Å². The van der Waals surface area contributed by atoms with Crippen LogP contribution in [0.4, 0.5) is 0 Å². The van der Waals surface area contributed by atoms with Crippen LogP contribution in [0.5, 0.6) is 0 Å². The average Bonchev–Trinajstić information content (AvgIpc) is 2.27. The van der Waals surface area contributed by atoms with Gasteiger partial charge in [-0.3, -0.25) is 14.5 Å². The summed E-state index contributed by atoms with van der Waals surface area (Å²) >= 11 is 0. The SMILES string of the molecule is COC(=O)[C@H]1CCCN(CC(=O)NC(C)C)C1. The molecule has 1 fully saturated rings. The fraction of sp³-hybridized carbons (Fsp3) is 0.833. The zero-order chi connectivity index (χ0) is 12.8. The molecule has 1 N–H and O–H groups in total. The molecule has 0 bridgehead atoms. The Bertz CT molecular complexity index is 279. The molecule has 1 atom stereocenters. The summed E-state index contributed by atoms with van der Waals surface area (Å²) in [6.07, 6.45) is 1.80. The van der Waals surface area contributed by atoms with Crippen molar-refractivity contribution in [2.75, 3.05) is 26.7 Å². The Hall–Kier alpha value is -1.10. The molecule has 0 unspecified atom stereocenters. The van der Waals surface area contributed by atoms with E-state index in [0.29, 0.717) is 13.1 Å². The van der Waals surface area contributed by atoms with Crippen LogP contribution in [0.15, 0.2) is 0 Å². The lowest BCUT2D eigenvalue weighted by Gasteiger charge is -2.30. The van der Waals surface area contributed by atoms with E-state index < -0.39 is 0 Å². The first-order chi connectivity index (χ1) is 8.02. The molecule has 1 amide bonds. The van der Waals surface area contributed by atoms with Crippen LogP contribution in [0.2, 0.25) is 0 Å². The lowest BCUT2D eigenvalue weighted by Crippen LogP contribution is -2.45. The highest BCUT2D eigenvalue weighted by atomic mass is 16.5. The van der Waals surface area contributed by atoms with Crippen molar-refractivity contribution in [2.45, 2.75) is 32.7 Å². The summed E-state index contributed by atoms with van der Waals surface area (Å²) in [7, 11) is 1.41. The van der Waals surface area contributed by atoms with Gasteiger partial charge in [0.05, 0.1) is 19.6 Å². The Kier molecular flexibility index (Phi) is 5.41. The standard InChI is InChI=1S/C12H22N2O3/c1-9(2)13-11(15)8-14-6-4-5-10(7-14)12(16)17-3/h9-10H,4-8H2,1-3H3,(H,13,15)/t10-/m0/s1. The average molecular weight is 242 g/mol. The summed E-state index contributed by atoms with van der Waals surface area (Å²) in [5.74, 6) is -0.231. The molecular weight excluding hydrogens is 220 g/mol. The zero-order valence-electron chi connectivity index (χ0n) is 10.9. The largest absolute Gasteiger partial charge is 0.469 e. The first-order valence-corrected chi connectivity index (χ1v) is 6.12. The van der Waals surface area contributed by atoms with Crippen molar-refractivity contribution in [3.63, 3.8) is 0 Å². The topological polar surface area (TPSA) is 58.6 Å². The molecule has 98 valence electrons. The van der Waals surface area contributed by atoms with Crippen molar-refractivity contribution in [2.24, 2.45) is 5.92 Å². The van der Waals surface area contributed by atoms with Crippen LogP contribution in [0.3, 0.4) is 0 Å². The summed E-state index contributed by atoms with van der Waals surface area (Å²) in [6.45, 7) is 5.74. The van der Waals surface area contributed by atoms with Crippen molar-refractivity contribution in [3.8, 4) is 0 Å². The maximum absolute atomic E-state index is 11.6. The number of nitrogens with one attached hydrogen (secondary N) is 1. The highest BCUT2D eigenvalue weighted by molar-refractivity contribution is 5.78. The van der Waals surface area contributed by atoms with Crippen LogP contribution in [0, 0.1) is 5.92 Å². The minimum Gasteiger partial charge on any atom is -0.469 e. The second-order valence-electron chi connectivity index (χ2n) is 4.82. The number of ether oxygens (including phenoxy) is 1. The van der Waals surface area contributed by atoms with Crippen LogP contribution in [-0.4, -0.2) is 49.6 Å². The molecule has 0 aromatic carbocycles. The minimum atomic E-state index is -0.168. The van der Waals surface area contributed by atoms with Crippen molar-refractivity contribution in [3.05, 3.63) is 0 Å². The smallest absolute Gasteiger partial charge is 0.309 e. The maximum Gasteiger partial charge on any atom is 0.309 e. The van der Waals surface area contributed by atoms with E-state index in [1.54, 1.807) is 0 Å². The Morgan fingerprint density at radius 1 is 1.47 bits per heavy atom. The molecule has 0 saturated carbocycles. The fourth-order valence-corrected chi connectivity index (χ4v) is 2.13. The van der Waals surface area contributed by atoms with Crippen LogP contribution < -0.4 is 5.32 Å². The van der Waals surface area contributed by atoms with Gasteiger partial charge in [-0.15, -0.1) is 0 Å². The van der Waals surface area contributed by atoms with E-state index in [9.17, 15) is 9.59 Å². The highest BCUT2D eigenvalue weighted by Crippen LogP contribution is 2.17. The Labute approximate surface area is 102 Å². The number of carbonyl (C=O) groups excluding carboxylic acids is 2. The number of methoxy groups -OCH3 is 1. The molecule has 0 aromatic heterocycles. The molecule has 1 heterocycles. The molecule has 1 aliphatic heterocycles. The van der Waals surface area contributed by atoms with E-state index in [1.165, 1.54) is 7.11 Å². The Morgan fingerprint density at radius 2 is 2.18 bits per heavy atom. The number of rotatable bonds is 4. The molecule has 0 aromatic rings. The summed E-state index contributed by atoms with van der Waals surface area (Å²) in [5, 5.41) is 2.85. The maximum atomic E-state index is 11.6. The normalized spacial score (nSPS) is 21.3. The summed E-state index contributed by atoms with van der Waals surface area (Å²) in [4.78, 5) is 25.0. The van der Waals surface area contributed by atoms with Gasteiger partial charge in [0.1, 0.15) is 0 Å². The molecule has 1 aliphatic rings. The van der Waals surface area contributed by atoms with Gasteiger partial charge in [0.15, 0.2) is 0 Å². The van der Waals surface area contributed by atoms with E-state index in [2.05, 4.69) is 5.32 Å². The van der Waals surface area contributed by atoms with E-state index in [1.807, 2.05) is 18.7 Å². The first kappa shape index (κ1) is 14.0. The first-order valence-electron chi connectivity index (χ1n) is 6.12. The van der Waals surface area contributed by atoms with Gasteiger partial charge in [-0.1, -0.05) is 0 Å². The molecule has 0 radical (unpaired) electrons. The van der Waals surface area contributed by atoms with Gasteiger partial charge in [-0.05, 0) is 33.2 Å². The monoisotopic (exact) mass is 242 g/mol. The third-order valence-corrected chi connectivity index (χ3v) is 2.86. The number of nitrogens with zero attached hydrogens (tertiary/aromatic N) is 1. The van der Waals surface area contributed by atoms with Crippen LogP contribution in [0.1, 0.15) is 26.7 Å². The van der Waals surface area contributed by atoms with Crippen molar-refractivity contribution < 1.29 is 14.3 Å². The van der Waals surface area contributed by atoms with Crippen molar-refractivity contribution in [1.82, 2.24) is 10.2 Å². The molecular formula is C12H22N2O3. The number of piperidine rings is 1. The van der Waals surface area contributed by atoms with Gasteiger partial charge in [0, 0.05) is 12.6 Å². The second kappa shape index (κ2) is 6.59. The number of hydrogen-bond donors (Lipinski definition) is 1. The number of likely N-dealkylation sites (tertiary alicyclic amines) is 1. The molecule has 17 heavy (non-hydrogen) atoms. The summed E-state index contributed by atoms with van der Waals surface area (Å²) < 4.78 is 4.74. The van der Waals surface area contributed by atoms with E-state index >= 15 is 0 Å². The number of hydrogen-bond acceptors (Lipinski definition) is 4. The lowest BCUT2D eigenvalue weighted by atomic mass is 9.98. The van der Waals surface area contributed by atoms with E-state index in [0.717, 1.165) is 19.4 Å². The van der Waals surface area contributed by atoms with Gasteiger partial charge in [0.2, 0.25) is 5.91 Å². The second-order valence-corrected chi connectivity index (χ2v) is 4.82. The zero-order valence-corrected chi connectivity index (χ0v) is 10.9. The predicted octanol–water partition coefficient (Wildman–Crippen LogP) is 0.396. The minimum absolute atomic E-state index is 0.0190. The van der Waals surface area contributed by atoms with Gasteiger partial charge in [-0.2, -0.15) is 0 Å². The van der Waals surface area contributed by atoms with E-state index in [-0.39, 0.29) is 23.8 Å².